The third-order valence-electron chi connectivity index (χ3n) is 4.85. The molecule has 1 aromatic heterocycles. The molecule has 29 heavy (non-hydrogen) atoms. The minimum atomic E-state index is -2.10. The monoisotopic (exact) mass is 400 g/mol. The van der Waals surface area contributed by atoms with E-state index in [1.807, 2.05) is 54.6 Å². The Morgan fingerprint density at radius 2 is 1.10 bits per heavy atom. The highest BCUT2D eigenvalue weighted by molar-refractivity contribution is 6.93. The van der Waals surface area contributed by atoms with Crippen LogP contribution in [0.4, 0.5) is 0 Å². The molecule has 0 bridgehead atoms. The number of hydrogen-bond acceptors (Lipinski definition) is 4. The van der Waals surface area contributed by atoms with Crippen LogP contribution in [0.15, 0.2) is 72.7 Å². The number of carbonyl (C=O) groups excluding carboxylic acids is 2. The van der Waals surface area contributed by atoms with Crippen LogP contribution >= 0.6 is 0 Å². The zero-order valence-corrected chi connectivity index (χ0v) is 18.1. The number of aromatic nitrogens is 2. The molecule has 2 aromatic carbocycles. The highest BCUT2D eigenvalue weighted by Crippen LogP contribution is 2.27. The second-order valence-corrected chi connectivity index (χ2v) is 11.8. The molecular formula is C24H24N2O2Si. The van der Waals surface area contributed by atoms with Gasteiger partial charge in [-0.25, -0.2) is 9.97 Å². The second kappa shape index (κ2) is 8.45. The average molecular weight is 401 g/mol. The van der Waals surface area contributed by atoms with Gasteiger partial charge in [0.2, 0.25) is 0 Å². The molecule has 146 valence electrons. The molecule has 0 spiro atoms. The first-order valence-corrected chi connectivity index (χ1v) is 12.6. The summed E-state index contributed by atoms with van der Waals surface area (Å²) in [5.74, 6) is 0.0839. The van der Waals surface area contributed by atoms with E-state index in [1.165, 1.54) is 0 Å². The summed E-state index contributed by atoms with van der Waals surface area (Å²) in [6.07, 6.45) is 3.54. The molecule has 4 nitrogen and oxygen atoms in total. The van der Waals surface area contributed by atoms with Crippen LogP contribution in [0.1, 0.15) is 45.7 Å². The molecule has 0 saturated carbocycles. The van der Waals surface area contributed by atoms with Gasteiger partial charge in [0.05, 0.1) is 0 Å². The van der Waals surface area contributed by atoms with Crippen molar-refractivity contribution in [3.05, 3.63) is 94.9 Å². The predicted molar refractivity (Wildman–Crippen MR) is 119 cm³/mol. The number of ketones is 2. The van der Waals surface area contributed by atoms with Crippen LogP contribution in [0, 0.1) is 0 Å². The average Bonchev–Trinajstić information content (AvgIpc) is 2.73. The Morgan fingerprint density at radius 1 is 0.724 bits per heavy atom. The van der Waals surface area contributed by atoms with E-state index in [2.05, 4.69) is 28.8 Å². The first-order valence-electron chi connectivity index (χ1n) is 9.51. The van der Waals surface area contributed by atoms with E-state index in [4.69, 9.17) is 0 Å². The number of benzene rings is 2. The molecule has 0 radical (unpaired) electrons. The molecule has 0 unspecified atom stereocenters. The van der Waals surface area contributed by atoms with Crippen molar-refractivity contribution >= 4 is 30.7 Å². The summed E-state index contributed by atoms with van der Waals surface area (Å²) < 4.78 is 0. The van der Waals surface area contributed by atoms with Crippen molar-refractivity contribution in [3.63, 3.8) is 0 Å². The molecule has 0 atom stereocenters. The summed E-state index contributed by atoms with van der Waals surface area (Å²) in [5, 5.41) is 0. The van der Waals surface area contributed by atoms with Crippen LogP contribution < -0.4 is 5.45 Å². The minimum Gasteiger partial charge on any atom is -0.295 e. The molecule has 5 heteroatoms. The lowest BCUT2D eigenvalue weighted by atomic mass is 9.96. The summed E-state index contributed by atoms with van der Waals surface area (Å²) in [5.41, 5.74) is 7.58. The van der Waals surface area contributed by atoms with Crippen LogP contribution in [-0.4, -0.2) is 29.6 Å². The fourth-order valence-corrected chi connectivity index (χ4v) is 5.16. The maximum atomic E-state index is 11.7. The van der Waals surface area contributed by atoms with Gasteiger partial charge in [-0.3, -0.25) is 9.59 Å². The van der Waals surface area contributed by atoms with E-state index in [0.717, 1.165) is 22.1 Å². The van der Waals surface area contributed by atoms with E-state index in [-0.39, 0.29) is 11.6 Å². The third kappa shape index (κ3) is 4.81. The SMILES string of the molecule is CC(=O)c1ccc(C(=C[Si](C)(C)c2ncccn2)c2ccc(C(C)=O)cc2)cc1. The van der Waals surface area contributed by atoms with Crippen LogP contribution in [-0.2, 0) is 0 Å². The predicted octanol–water partition coefficient (Wildman–Crippen LogP) is 4.47. The van der Waals surface area contributed by atoms with Crippen molar-refractivity contribution in [2.24, 2.45) is 0 Å². The van der Waals surface area contributed by atoms with Crippen molar-refractivity contribution in [3.8, 4) is 0 Å². The molecule has 1 heterocycles. The maximum absolute atomic E-state index is 11.7. The molecule has 0 fully saturated rings. The summed E-state index contributed by atoms with van der Waals surface area (Å²) >= 11 is 0. The van der Waals surface area contributed by atoms with Crippen molar-refractivity contribution in [1.29, 1.82) is 0 Å². The van der Waals surface area contributed by atoms with Gasteiger partial charge < -0.3 is 0 Å². The second-order valence-electron chi connectivity index (χ2n) is 7.62. The Morgan fingerprint density at radius 3 is 1.48 bits per heavy atom. The van der Waals surface area contributed by atoms with Crippen LogP contribution in [0.5, 0.6) is 0 Å². The lowest BCUT2D eigenvalue weighted by molar-refractivity contribution is 0.100. The molecule has 0 aliphatic rings. The van der Waals surface area contributed by atoms with E-state index in [9.17, 15) is 9.59 Å². The Kier molecular flexibility index (Phi) is 5.99. The molecular weight excluding hydrogens is 376 g/mol. The minimum absolute atomic E-state index is 0.0419. The van der Waals surface area contributed by atoms with E-state index in [1.54, 1.807) is 26.2 Å². The first-order chi connectivity index (χ1) is 13.8. The number of Topliss-reactive ketones (excluding diaryl/α,β-unsaturated/α-hetero) is 2. The Labute approximate surface area is 172 Å². The molecule has 0 saturated heterocycles. The Hall–Kier alpha value is -3.18. The quantitative estimate of drug-likeness (QED) is 0.452. The van der Waals surface area contributed by atoms with Crippen molar-refractivity contribution < 1.29 is 9.59 Å². The first kappa shape index (κ1) is 20.5. The van der Waals surface area contributed by atoms with Gasteiger partial charge >= 0.3 is 0 Å². The number of rotatable bonds is 6. The highest BCUT2D eigenvalue weighted by Gasteiger charge is 2.26. The summed E-state index contributed by atoms with van der Waals surface area (Å²) in [7, 11) is -2.10. The molecule has 3 rings (SSSR count). The van der Waals surface area contributed by atoms with Gasteiger partial charge in [0.25, 0.3) is 0 Å². The van der Waals surface area contributed by atoms with Crippen molar-refractivity contribution in [2.75, 3.05) is 0 Å². The van der Waals surface area contributed by atoms with Crippen molar-refractivity contribution in [2.45, 2.75) is 26.9 Å². The zero-order chi connectivity index (χ0) is 21.0. The molecule has 0 aliphatic heterocycles. The lowest BCUT2D eigenvalue weighted by Gasteiger charge is -2.19. The van der Waals surface area contributed by atoms with Gasteiger partial charge in [-0.15, -0.1) is 0 Å². The number of hydrogen-bond donors (Lipinski definition) is 0. The largest absolute Gasteiger partial charge is 0.295 e. The van der Waals surface area contributed by atoms with Gasteiger partial charge in [-0.1, -0.05) is 67.3 Å². The number of carbonyl (C=O) groups is 2. The van der Waals surface area contributed by atoms with E-state index >= 15 is 0 Å². The smallest absolute Gasteiger partial charge is 0.159 e. The highest BCUT2D eigenvalue weighted by atomic mass is 28.3. The number of nitrogens with zero attached hydrogens (tertiary/aromatic N) is 2. The molecule has 0 N–H and O–H groups in total. The zero-order valence-electron chi connectivity index (χ0n) is 17.1. The van der Waals surface area contributed by atoms with Gasteiger partial charge in [-0.05, 0) is 36.6 Å². The van der Waals surface area contributed by atoms with Gasteiger partial charge in [0, 0.05) is 23.5 Å². The molecule has 3 aromatic rings. The summed E-state index contributed by atoms with van der Waals surface area (Å²) in [6, 6.07) is 17.1. The van der Waals surface area contributed by atoms with Crippen LogP contribution in [0.2, 0.25) is 13.1 Å². The summed E-state index contributed by atoms with van der Waals surface area (Å²) in [6.45, 7) is 7.54. The van der Waals surface area contributed by atoms with Gasteiger partial charge in [-0.2, -0.15) is 0 Å². The van der Waals surface area contributed by atoms with Crippen LogP contribution in [0.3, 0.4) is 0 Å². The van der Waals surface area contributed by atoms with E-state index < -0.39 is 8.07 Å². The fourth-order valence-electron chi connectivity index (χ4n) is 3.16. The summed E-state index contributed by atoms with van der Waals surface area (Å²) in [4.78, 5) is 32.3. The maximum Gasteiger partial charge on any atom is 0.159 e. The van der Waals surface area contributed by atoms with Crippen molar-refractivity contribution in [1.82, 2.24) is 9.97 Å². The Balaban J connectivity index is 2.13. The topological polar surface area (TPSA) is 59.9 Å². The van der Waals surface area contributed by atoms with E-state index in [0.29, 0.717) is 11.1 Å². The molecule has 0 aliphatic carbocycles. The standard InChI is InChI=1S/C24H24N2O2Si/c1-17(27)19-6-10-21(11-7-19)23(22-12-8-20(9-13-22)18(2)28)16-29(3,4)24-25-14-5-15-26-24/h5-16H,1-4H3. The van der Waals surface area contributed by atoms with Gasteiger partial charge in [0.1, 0.15) is 5.45 Å². The van der Waals surface area contributed by atoms with Gasteiger partial charge in [0.15, 0.2) is 19.6 Å². The Bertz CT molecular complexity index is 995. The normalized spacial score (nSPS) is 11.0. The molecule has 0 amide bonds. The lowest BCUT2D eigenvalue weighted by Crippen LogP contribution is -2.44. The third-order valence-corrected chi connectivity index (χ3v) is 7.27. The fraction of sp³-hybridized carbons (Fsp3) is 0.167. The van der Waals surface area contributed by atoms with Crippen LogP contribution in [0.25, 0.3) is 5.57 Å².